The van der Waals surface area contributed by atoms with Crippen LogP contribution in [0.15, 0.2) is 24.3 Å². The molecule has 1 fully saturated rings. The van der Waals surface area contributed by atoms with Gasteiger partial charge < -0.3 is 5.32 Å². The van der Waals surface area contributed by atoms with Crippen LogP contribution >= 0.6 is 11.6 Å². The van der Waals surface area contributed by atoms with Crippen molar-refractivity contribution in [3.63, 3.8) is 0 Å². The molecule has 1 heterocycles. The first-order chi connectivity index (χ1) is 8.49. The van der Waals surface area contributed by atoms with E-state index in [9.17, 15) is 9.59 Å². The summed E-state index contributed by atoms with van der Waals surface area (Å²) in [4.78, 5) is 24.7. The van der Waals surface area contributed by atoms with Crippen molar-refractivity contribution in [2.45, 2.75) is 12.5 Å². The van der Waals surface area contributed by atoms with Gasteiger partial charge in [0.25, 0.3) is 5.91 Å². The summed E-state index contributed by atoms with van der Waals surface area (Å²) in [6, 6.07) is 7.94. The van der Waals surface area contributed by atoms with Crippen LogP contribution in [0.25, 0.3) is 0 Å². The van der Waals surface area contributed by atoms with Gasteiger partial charge in [-0.2, -0.15) is 5.26 Å². The standard InChI is InChI=1S/C12H10ClN3O2/c1-12(8-3-2-4-9(13)7-8)10(17)16(6-5-14)11(18)15-12/h2-4,7H,6H2,1H3,(H,15,18)/t12-/m1/s1. The summed E-state index contributed by atoms with van der Waals surface area (Å²) in [6.45, 7) is 1.33. The summed E-state index contributed by atoms with van der Waals surface area (Å²) in [7, 11) is 0. The molecule has 0 spiro atoms. The average Bonchev–Trinajstić information content (AvgIpc) is 2.55. The van der Waals surface area contributed by atoms with Gasteiger partial charge >= 0.3 is 6.03 Å². The highest BCUT2D eigenvalue weighted by Gasteiger charge is 2.48. The van der Waals surface area contributed by atoms with Gasteiger partial charge in [0.2, 0.25) is 0 Å². The Hall–Kier alpha value is -2.06. The Morgan fingerprint density at radius 3 is 2.83 bits per heavy atom. The molecule has 18 heavy (non-hydrogen) atoms. The van der Waals surface area contributed by atoms with E-state index in [1.165, 1.54) is 0 Å². The largest absolute Gasteiger partial charge is 0.326 e. The minimum absolute atomic E-state index is 0.263. The number of halogens is 1. The third-order valence-corrected chi connectivity index (χ3v) is 3.14. The lowest BCUT2D eigenvalue weighted by molar-refractivity contribution is -0.130. The summed E-state index contributed by atoms with van der Waals surface area (Å²) in [5.74, 6) is -0.448. The Balaban J connectivity index is 2.42. The van der Waals surface area contributed by atoms with Crippen molar-refractivity contribution in [3.8, 4) is 6.07 Å². The minimum atomic E-state index is -1.17. The van der Waals surface area contributed by atoms with Crippen molar-refractivity contribution in [2.24, 2.45) is 0 Å². The average molecular weight is 264 g/mol. The van der Waals surface area contributed by atoms with Gasteiger partial charge in [0.1, 0.15) is 12.1 Å². The van der Waals surface area contributed by atoms with E-state index in [1.54, 1.807) is 37.3 Å². The van der Waals surface area contributed by atoms with Gasteiger partial charge in [-0.15, -0.1) is 0 Å². The molecule has 0 unspecified atom stereocenters. The first-order valence-corrected chi connectivity index (χ1v) is 5.64. The van der Waals surface area contributed by atoms with Crippen LogP contribution in [0.2, 0.25) is 5.02 Å². The molecule has 6 heteroatoms. The molecule has 1 aliphatic heterocycles. The monoisotopic (exact) mass is 263 g/mol. The minimum Gasteiger partial charge on any atom is -0.319 e. The predicted molar refractivity (Wildman–Crippen MR) is 64.7 cm³/mol. The molecule has 2 rings (SSSR count). The molecule has 92 valence electrons. The third kappa shape index (κ3) is 1.81. The summed E-state index contributed by atoms with van der Waals surface area (Å²) in [5, 5.41) is 11.7. The van der Waals surface area contributed by atoms with Gasteiger partial charge in [0, 0.05) is 5.02 Å². The summed E-state index contributed by atoms with van der Waals surface area (Å²) < 4.78 is 0. The van der Waals surface area contributed by atoms with Crippen LogP contribution in [0, 0.1) is 11.3 Å². The Morgan fingerprint density at radius 1 is 1.50 bits per heavy atom. The second-order valence-corrected chi connectivity index (χ2v) is 4.55. The SMILES string of the molecule is C[C@]1(c2cccc(Cl)c2)NC(=O)N(CC#N)C1=O. The summed E-state index contributed by atoms with van der Waals surface area (Å²) in [6.07, 6.45) is 0. The molecule has 5 nitrogen and oxygen atoms in total. The molecule has 1 atom stereocenters. The number of nitriles is 1. The molecule has 0 radical (unpaired) electrons. The van der Waals surface area contributed by atoms with Gasteiger partial charge in [-0.1, -0.05) is 23.7 Å². The molecule has 1 aliphatic rings. The topological polar surface area (TPSA) is 73.2 Å². The molecule has 0 saturated carbocycles. The Bertz CT molecular complexity index is 567. The van der Waals surface area contributed by atoms with Crippen molar-refractivity contribution >= 4 is 23.5 Å². The summed E-state index contributed by atoms with van der Waals surface area (Å²) in [5.41, 5.74) is -0.576. The number of benzene rings is 1. The van der Waals surface area contributed by atoms with Crippen LogP contribution in [-0.2, 0) is 10.3 Å². The number of carbonyl (C=O) groups is 2. The number of rotatable bonds is 2. The number of urea groups is 1. The highest BCUT2D eigenvalue weighted by molar-refractivity contribution is 6.30. The molecule has 0 aliphatic carbocycles. The van der Waals surface area contributed by atoms with Crippen LogP contribution in [0.3, 0.4) is 0 Å². The number of hydrogen-bond donors (Lipinski definition) is 1. The van der Waals surface area contributed by atoms with Crippen LogP contribution in [-0.4, -0.2) is 23.4 Å². The van der Waals surface area contributed by atoms with Gasteiger partial charge in [-0.05, 0) is 24.6 Å². The number of nitrogens with one attached hydrogen (secondary N) is 1. The lowest BCUT2D eigenvalue weighted by Gasteiger charge is -2.21. The maximum atomic E-state index is 12.2. The first-order valence-electron chi connectivity index (χ1n) is 5.26. The van der Waals surface area contributed by atoms with Crippen LogP contribution in [0.5, 0.6) is 0 Å². The van der Waals surface area contributed by atoms with Crippen molar-refractivity contribution in [3.05, 3.63) is 34.9 Å². The summed E-state index contributed by atoms with van der Waals surface area (Å²) >= 11 is 5.88. The van der Waals surface area contributed by atoms with E-state index in [1.807, 2.05) is 0 Å². The van der Waals surface area contributed by atoms with Crippen molar-refractivity contribution in [1.29, 1.82) is 5.26 Å². The zero-order chi connectivity index (χ0) is 13.3. The molecule has 1 aromatic carbocycles. The smallest absolute Gasteiger partial charge is 0.319 e. The highest BCUT2D eigenvalue weighted by atomic mass is 35.5. The van der Waals surface area contributed by atoms with Crippen LogP contribution in [0.1, 0.15) is 12.5 Å². The fraction of sp³-hybridized carbons (Fsp3) is 0.250. The van der Waals surface area contributed by atoms with Crippen molar-refractivity contribution in [2.75, 3.05) is 6.54 Å². The fourth-order valence-corrected chi connectivity index (χ4v) is 2.10. The van der Waals surface area contributed by atoms with Crippen LogP contribution < -0.4 is 5.32 Å². The molecule has 1 aromatic rings. The third-order valence-electron chi connectivity index (χ3n) is 2.91. The number of imide groups is 1. The Labute approximate surface area is 109 Å². The molecule has 0 bridgehead atoms. The van der Waals surface area contributed by atoms with Gasteiger partial charge in [0.05, 0.1) is 6.07 Å². The maximum Gasteiger partial charge on any atom is 0.326 e. The predicted octanol–water partition coefficient (Wildman–Crippen LogP) is 1.63. The van der Waals surface area contributed by atoms with Crippen molar-refractivity contribution in [1.82, 2.24) is 10.2 Å². The molecule has 3 amide bonds. The molecular weight excluding hydrogens is 254 g/mol. The fourth-order valence-electron chi connectivity index (χ4n) is 1.91. The Morgan fingerprint density at radius 2 is 2.22 bits per heavy atom. The van der Waals surface area contributed by atoms with Crippen molar-refractivity contribution < 1.29 is 9.59 Å². The number of hydrogen-bond acceptors (Lipinski definition) is 3. The quantitative estimate of drug-likeness (QED) is 0.651. The van der Waals surface area contributed by atoms with Gasteiger partial charge in [-0.25, -0.2) is 9.69 Å². The van der Waals surface area contributed by atoms with E-state index in [-0.39, 0.29) is 6.54 Å². The lowest BCUT2D eigenvalue weighted by atomic mass is 9.92. The van der Waals surface area contributed by atoms with E-state index in [0.717, 1.165) is 4.90 Å². The van der Waals surface area contributed by atoms with Crippen LogP contribution in [0.4, 0.5) is 4.79 Å². The van der Waals surface area contributed by atoms with E-state index < -0.39 is 17.5 Å². The van der Waals surface area contributed by atoms with E-state index in [0.29, 0.717) is 10.6 Å². The molecular formula is C12H10ClN3O2. The highest BCUT2D eigenvalue weighted by Crippen LogP contribution is 2.29. The molecule has 1 N–H and O–H groups in total. The normalized spacial score (nSPS) is 22.8. The zero-order valence-electron chi connectivity index (χ0n) is 9.61. The lowest BCUT2D eigenvalue weighted by Crippen LogP contribution is -2.40. The number of nitrogens with zero attached hydrogens (tertiary/aromatic N) is 2. The zero-order valence-corrected chi connectivity index (χ0v) is 10.4. The Kier molecular flexibility index (Phi) is 2.97. The number of amides is 3. The second kappa shape index (κ2) is 4.31. The maximum absolute atomic E-state index is 12.2. The first kappa shape index (κ1) is 12.4. The van der Waals surface area contributed by atoms with Gasteiger partial charge in [0.15, 0.2) is 0 Å². The second-order valence-electron chi connectivity index (χ2n) is 4.11. The van der Waals surface area contributed by atoms with E-state index >= 15 is 0 Å². The van der Waals surface area contributed by atoms with E-state index in [4.69, 9.17) is 16.9 Å². The number of carbonyl (C=O) groups excluding carboxylic acids is 2. The van der Waals surface area contributed by atoms with Gasteiger partial charge in [-0.3, -0.25) is 4.79 Å². The van der Waals surface area contributed by atoms with E-state index in [2.05, 4.69) is 5.32 Å². The molecule has 1 saturated heterocycles. The molecule has 0 aromatic heterocycles.